The Hall–Kier alpha value is -2.19. The summed E-state index contributed by atoms with van der Waals surface area (Å²) >= 11 is 1.48. The van der Waals surface area contributed by atoms with Gasteiger partial charge < -0.3 is 14.8 Å². The molecule has 0 radical (unpaired) electrons. The Morgan fingerprint density at radius 2 is 2.00 bits per heavy atom. The van der Waals surface area contributed by atoms with Crippen molar-refractivity contribution in [2.75, 3.05) is 24.3 Å². The van der Waals surface area contributed by atoms with Gasteiger partial charge in [-0.25, -0.2) is 0 Å². The van der Waals surface area contributed by atoms with Crippen molar-refractivity contribution >= 4 is 23.5 Å². The second-order valence-corrected chi connectivity index (χ2v) is 10.3. The smallest absolute Gasteiger partial charge is 0.270 e. The van der Waals surface area contributed by atoms with Crippen LogP contribution in [0.25, 0.3) is 0 Å². The zero-order chi connectivity index (χ0) is 22.7. The molecule has 3 heterocycles. The lowest BCUT2D eigenvalue weighted by molar-refractivity contribution is -0.113. The first-order valence-electron chi connectivity index (χ1n) is 11.5. The lowest BCUT2D eigenvalue weighted by Crippen LogP contribution is -2.36. The predicted octanol–water partition coefficient (Wildman–Crippen LogP) is 4.65. The highest BCUT2D eigenvalue weighted by Gasteiger charge is 2.36. The molecule has 2 aliphatic heterocycles. The van der Waals surface area contributed by atoms with Crippen LogP contribution >= 0.6 is 11.8 Å². The molecule has 2 N–H and O–H groups in total. The highest BCUT2D eigenvalue weighted by Crippen LogP contribution is 2.42. The molecule has 174 valence electrons. The summed E-state index contributed by atoms with van der Waals surface area (Å²) in [7, 11) is 0. The van der Waals surface area contributed by atoms with Crippen LogP contribution in [0.4, 0.5) is 5.82 Å². The summed E-state index contributed by atoms with van der Waals surface area (Å²) in [4.78, 5) is 25.6. The molecule has 1 aromatic heterocycles. The van der Waals surface area contributed by atoms with Gasteiger partial charge in [-0.1, -0.05) is 31.9 Å². The van der Waals surface area contributed by atoms with Crippen molar-refractivity contribution in [1.29, 1.82) is 0 Å². The number of hydrogen-bond donors (Lipinski definition) is 2. The van der Waals surface area contributed by atoms with Gasteiger partial charge in [0.1, 0.15) is 11.6 Å². The van der Waals surface area contributed by atoms with E-state index in [1.54, 1.807) is 0 Å². The first-order valence-corrected chi connectivity index (χ1v) is 12.6. The van der Waals surface area contributed by atoms with Gasteiger partial charge in [-0.2, -0.15) is 0 Å². The Balaban J connectivity index is 1.62. The average molecular weight is 460 g/mol. The Morgan fingerprint density at radius 1 is 1.22 bits per heavy atom. The van der Waals surface area contributed by atoms with Gasteiger partial charge in [-0.05, 0) is 50.8 Å². The summed E-state index contributed by atoms with van der Waals surface area (Å²) < 4.78 is 13.5. The molecule has 1 amide bonds. The van der Waals surface area contributed by atoms with Crippen LogP contribution in [-0.4, -0.2) is 40.3 Å². The maximum Gasteiger partial charge on any atom is 0.270 e. The van der Waals surface area contributed by atoms with Gasteiger partial charge in [0.2, 0.25) is 5.91 Å². The Morgan fingerprint density at radius 3 is 2.72 bits per heavy atom. The van der Waals surface area contributed by atoms with Gasteiger partial charge in [0.25, 0.3) is 5.56 Å². The van der Waals surface area contributed by atoms with Crippen LogP contribution in [0.3, 0.4) is 0 Å². The number of nitrogens with zero attached hydrogens (tertiary/aromatic N) is 1. The average Bonchev–Trinajstić information content (AvgIpc) is 2.96. The SMILES string of the molecule is CCCCCOc1ccc(C2SCC(=O)Nc3c2c(=O)[nH]n3C2CCOC(C)(C)C2)cc1. The highest BCUT2D eigenvalue weighted by atomic mass is 32.2. The van der Waals surface area contributed by atoms with Crippen LogP contribution in [0.5, 0.6) is 5.75 Å². The minimum Gasteiger partial charge on any atom is -0.494 e. The number of carbonyl (C=O) groups excluding carboxylic acids is 1. The van der Waals surface area contributed by atoms with E-state index >= 15 is 0 Å². The van der Waals surface area contributed by atoms with Gasteiger partial charge >= 0.3 is 0 Å². The molecule has 2 aliphatic rings. The van der Waals surface area contributed by atoms with Gasteiger partial charge in [-0.15, -0.1) is 11.8 Å². The number of unbranched alkanes of at least 4 members (excludes halogenated alkanes) is 2. The first kappa shape index (κ1) is 23.0. The van der Waals surface area contributed by atoms with Crippen LogP contribution < -0.4 is 15.6 Å². The molecule has 2 unspecified atom stereocenters. The molecule has 0 spiro atoms. The molecule has 2 atom stereocenters. The predicted molar refractivity (Wildman–Crippen MR) is 128 cm³/mol. The minimum absolute atomic E-state index is 0.0677. The molecule has 0 bridgehead atoms. The maximum absolute atomic E-state index is 13.1. The molecule has 0 saturated carbocycles. The molecule has 0 aliphatic carbocycles. The number of rotatable bonds is 7. The van der Waals surface area contributed by atoms with Crippen LogP contribution in [0.1, 0.15) is 75.3 Å². The second kappa shape index (κ2) is 9.75. The topological polar surface area (TPSA) is 85.4 Å². The fourth-order valence-electron chi connectivity index (χ4n) is 4.48. The number of benzene rings is 1. The third-order valence-electron chi connectivity index (χ3n) is 6.10. The summed E-state index contributed by atoms with van der Waals surface area (Å²) in [6, 6.07) is 7.97. The second-order valence-electron chi connectivity index (χ2n) is 9.19. The number of aromatic amines is 1. The van der Waals surface area contributed by atoms with Crippen molar-refractivity contribution in [3.05, 3.63) is 45.7 Å². The number of H-pyrrole nitrogens is 1. The molecule has 8 heteroatoms. The lowest BCUT2D eigenvalue weighted by atomic mass is 9.94. The van der Waals surface area contributed by atoms with Gasteiger partial charge in [0.05, 0.1) is 34.8 Å². The van der Waals surface area contributed by atoms with E-state index in [-0.39, 0.29) is 28.4 Å². The van der Waals surface area contributed by atoms with E-state index in [1.807, 2.05) is 28.9 Å². The molecule has 32 heavy (non-hydrogen) atoms. The number of nitrogens with one attached hydrogen (secondary N) is 2. The third-order valence-corrected chi connectivity index (χ3v) is 7.37. The van der Waals surface area contributed by atoms with E-state index in [0.29, 0.717) is 30.3 Å². The van der Waals surface area contributed by atoms with Crippen molar-refractivity contribution in [2.45, 2.75) is 69.8 Å². The molecular weight excluding hydrogens is 426 g/mol. The molecule has 1 fully saturated rings. The quantitative estimate of drug-likeness (QED) is 0.589. The number of fused-ring (bicyclic) bond motifs is 1. The summed E-state index contributed by atoms with van der Waals surface area (Å²) in [5.74, 6) is 1.63. The highest BCUT2D eigenvalue weighted by molar-refractivity contribution is 8.00. The molecule has 7 nitrogen and oxygen atoms in total. The standard InChI is InChI=1S/C24H33N3O4S/c1-4-5-6-12-30-18-9-7-16(8-10-18)21-20-22(25-19(28)15-32-21)27(26-23(20)29)17-11-13-31-24(2,3)14-17/h7-10,17,21H,4-6,11-15H2,1-3H3,(H,25,28)(H,26,29). The number of thioether (sulfide) groups is 1. The molecule has 1 aromatic carbocycles. The van der Waals surface area contributed by atoms with E-state index < -0.39 is 0 Å². The van der Waals surface area contributed by atoms with Crippen LogP contribution in [0.2, 0.25) is 0 Å². The summed E-state index contributed by atoms with van der Waals surface area (Å²) in [5, 5.41) is 5.78. The zero-order valence-electron chi connectivity index (χ0n) is 19.1. The maximum atomic E-state index is 13.1. The zero-order valence-corrected chi connectivity index (χ0v) is 19.9. The molecular formula is C24H33N3O4S. The Kier molecular flexibility index (Phi) is 7.00. The van der Waals surface area contributed by atoms with Gasteiger partial charge in [0, 0.05) is 6.61 Å². The van der Waals surface area contributed by atoms with E-state index in [0.717, 1.165) is 43.4 Å². The van der Waals surface area contributed by atoms with Crippen LogP contribution in [0, 0.1) is 0 Å². The monoisotopic (exact) mass is 459 g/mol. The van der Waals surface area contributed by atoms with Crippen molar-refractivity contribution in [2.24, 2.45) is 0 Å². The number of ether oxygens (including phenoxy) is 2. The minimum atomic E-state index is -0.271. The number of amides is 1. The van der Waals surface area contributed by atoms with Gasteiger partial charge in [0.15, 0.2) is 0 Å². The Labute approximate surface area is 193 Å². The summed E-state index contributed by atoms with van der Waals surface area (Å²) in [6.45, 7) is 7.62. The molecule has 2 aromatic rings. The van der Waals surface area contributed by atoms with Crippen LogP contribution in [0.15, 0.2) is 29.1 Å². The lowest BCUT2D eigenvalue weighted by Gasteiger charge is -2.36. The largest absolute Gasteiger partial charge is 0.494 e. The number of aromatic nitrogens is 2. The third kappa shape index (κ3) is 5.07. The summed E-state index contributed by atoms with van der Waals surface area (Å²) in [5.41, 5.74) is 1.18. The van der Waals surface area contributed by atoms with Crippen molar-refractivity contribution in [1.82, 2.24) is 9.78 Å². The van der Waals surface area contributed by atoms with E-state index in [2.05, 4.69) is 31.2 Å². The van der Waals surface area contributed by atoms with E-state index in [9.17, 15) is 9.59 Å². The van der Waals surface area contributed by atoms with Crippen LogP contribution in [-0.2, 0) is 9.53 Å². The fraction of sp³-hybridized carbons (Fsp3) is 0.583. The van der Waals surface area contributed by atoms with E-state index in [4.69, 9.17) is 9.47 Å². The molecule has 1 saturated heterocycles. The van der Waals surface area contributed by atoms with E-state index in [1.165, 1.54) is 11.8 Å². The fourth-order valence-corrected chi connectivity index (χ4v) is 5.61. The summed E-state index contributed by atoms with van der Waals surface area (Å²) in [6.07, 6.45) is 4.92. The number of hydrogen-bond acceptors (Lipinski definition) is 5. The number of anilines is 1. The van der Waals surface area contributed by atoms with Crippen molar-refractivity contribution < 1.29 is 14.3 Å². The Bertz CT molecular complexity index is 996. The van der Waals surface area contributed by atoms with Crippen molar-refractivity contribution in [3.63, 3.8) is 0 Å². The molecule has 4 rings (SSSR count). The van der Waals surface area contributed by atoms with Crippen molar-refractivity contribution in [3.8, 4) is 5.75 Å². The first-order chi connectivity index (χ1) is 15.4. The van der Waals surface area contributed by atoms with Gasteiger partial charge in [-0.3, -0.25) is 19.4 Å². The normalized spacial score (nSPS) is 22.7. The number of carbonyl (C=O) groups is 1.